The lowest BCUT2D eigenvalue weighted by Gasteiger charge is -2.37. The van der Waals surface area contributed by atoms with E-state index in [1.54, 1.807) is 6.92 Å². The van der Waals surface area contributed by atoms with Gasteiger partial charge in [0.2, 0.25) is 35.4 Å². The Balaban J connectivity index is 3.02. The molecule has 270 valence electrons. The lowest BCUT2D eigenvalue weighted by molar-refractivity contribution is -0.132. The van der Waals surface area contributed by atoms with Crippen LogP contribution in [0.25, 0.3) is 0 Å². The Hall–Kier alpha value is -3.26. The van der Waals surface area contributed by atoms with E-state index < -0.39 is 59.9 Å². The van der Waals surface area contributed by atoms with E-state index in [1.807, 2.05) is 41.5 Å². The Kier molecular flexibility index (Phi) is 17.9. The van der Waals surface area contributed by atoms with E-state index in [4.69, 9.17) is 11.5 Å². The fraction of sp³-hybridized carbons (Fsp3) is 0.818. The first-order valence-electron chi connectivity index (χ1n) is 17.1. The van der Waals surface area contributed by atoms with Crippen LogP contribution in [0.3, 0.4) is 0 Å². The number of amides is 6. The maximum Gasteiger partial charge on any atom is 0.243 e. The Morgan fingerprint density at radius 3 is 1.38 bits per heavy atom. The van der Waals surface area contributed by atoms with E-state index in [0.29, 0.717) is 19.3 Å². The third-order valence-electron chi connectivity index (χ3n) is 8.31. The monoisotopic (exact) mass is 666 g/mol. The molecule has 14 nitrogen and oxygen atoms in total. The van der Waals surface area contributed by atoms with Gasteiger partial charge in [-0.2, -0.15) is 0 Å². The molecule has 1 saturated carbocycles. The molecule has 0 aliphatic heterocycles. The molecule has 47 heavy (non-hydrogen) atoms. The second-order valence-corrected chi connectivity index (χ2v) is 14.4. The fourth-order valence-electron chi connectivity index (χ4n) is 5.69. The molecule has 1 aliphatic rings. The van der Waals surface area contributed by atoms with Crippen molar-refractivity contribution >= 4 is 35.4 Å². The van der Waals surface area contributed by atoms with Gasteiger partial charge in [0.25, 0.3) is 0 Å². The van der Waals surface area contributed by atoms with E-state index >= 15 is 0 Å². The summed E-state index contributed by atoms with van der Waals surface area (Å²) in [5.74, 6) is -2.54. The van der Waals surface area contributed by atoms with E-state index in [-0.39, 0.29) is 41.7 Å². The van der Waals surface area contributed by atoms with Crippen molar-refractivity contribution in [1.29, 1.82) is 0 Å². The number of carbonyl (C=O) groups excluding carboxylic acids is 6. The number of hydrogen-bond acceptors (Lipinski definition) is 8. The van der Waals surface area contributed by atoms with Gasteiger partial charge >= 0.3 is 0 Å². The quantitative estimate of drug-likeness (QED) is 0.0901. The maximum absolute atomic E-state index is 13.8. The van der Waals surface area contributed by atoms with Gasteiger partial charge in [-0.15, -0.1) is 0 Å². The first-order chi connectivity index (χ1) is 21.8. The number of hydrogen-bond donors (Lipinski definition) is 8. The Morgan fingerprint density at radius 2 is 0.894 bits per heavy atom. The largest absolute Gasteiger partial charge is 0.368 e. The third kappa shape index (κ3) is 15.5. The van der Waals surface area contributed by atoms with Crippen LogP contribution >= 0.6 is 0 Å². The van der Waals surface area contributed by atoms with Crippen LogP contribution in [0.4, 0.5) is 0 Å². The number of nitrogens with one attached hydrogen (secondary N) is 6. The van der Waals surface area contributed by atoms with Gasteiger partial charge in [0.1, 0.15) is 24.2 Å². The molecule has 0 unspecified atom stereocenters. The van der Waals surface area contributed by atoms with Gasteiger partial charge in [0.15, 0.2) is 0 Å². The van der Waals surface area contributed by atoms with Crippen LogP contribution in [0.15, 0.2) is 0 Å². The number of carbonyl (C=O) groups is 6. The molecular formula is C33H62N8O6. The van der Waals surface area contributed by atoms with Crippen molar-refractivity contribution in [2.45, 2.75) is 156 Å². The smallest absolute Gasteiger partial charge is 0.243 e. The Morgan fingerprint density at radius 1 is 0.489 bits per heavy atom. The van der Waals surface area contributed by atoms with Crippen LogP contribution in [0.2, 0.25) is 0 Å². The molecule has 0 spiro atoms. The predicted molar refractivity (Wildman–Crippen MR) is 181 cm³/mol. The summed E-state index contributed by atoms with van der Waals surface area (Å²) in [5.41, 5.74) is 10.8. The zero-order valence-electron chi connectivity index (χ0n) is 29.9. The lowest BCUT2D eigenvalue weighted by atomic mass is 9.88. The van der Waals surface area contributed by atoms with Gasteiger partial charge in [0, 0.05) is 12.1 Å². The van der Waals surface area contributed by atoms with Crippen molar-refractivity contribution in [3.63, 3.8) is 0 Å². The van der Waals surface area contributed by atoms with E-state index in [2.05, 4.69) is 31.9 Å². The van der Waals surface area contributed by atoms with Crippen LogP contribution in [0.5, 0.6) is 0 Å². The molecule has 1 rings (SSSR count). The summed E-state index contributed by atoms with van der Waals surface area (Å²) in [6.45, 7) is 16.5. The zero-order valence-corrected chi connectivity index (χ0v) is 29.9. The molecule has 0 aromatic carbocycles. The van der Waals surface area contributed by atoms with Gasteiger partial charge in [0.05, 0.1) is 12.1 Å². The molecular weight excluding hydrogens is 604 g/mol. The van der Waals surface area contributed by atoms with Gasteiger partial charge in [-0.25, -0.2) is 0 Å². The molecule has 0 aromatic heterocycles. The standard InChI is InChI=1S/C33H62N8O6/c1-17(2)14-25(29(35)43)40-33(47)27(16-19(5)6)41-32(46)26(15-18(3)4)39-24-13-11-10-12-23(24)36-21(8)30(44)38-22(9)31(45)37-20(7)28(34)42/h17-27,36,39H,10-16H2,1-9H3,(H2,34,42)(H2,35,43)(H,37,45)(H,38,44)(H,40,47)(H,41,46)/t20-,21-,22+,23+,24+,25-,26-,27+/m0/s1. The SMILES string of the molecule is CC(C)C[C@H](NC(=O)[C@@H](CC(C)C)NC(=O)[C@H](CC(C)C)N[C@@H]1CCCC[C@H]1N[C@@H](C)C(=O)N[C@H](C)C(=O)N[C@@H](C)C(N)=O)C(N)=O. The van der Waals surface area contributed by atoms with Crippen molar-refractivity contribution in [3.05, 3.63) is 0 Å². The summed E-state index contributed by atoms with van der Waals surface area (Å²) in [4.78, 5) is 75.8. The van der Waals surface area contributed by atoms with Gasteiger partial charge in [-0.05, 0) is 70.6 Å². The summed E-state index contributed by atoms with van der Waals surface area (Å²) in [7, 11) is 0. The molecule has 8 atom stereocenters. The van der Waals surface area contributed by atoms with Crippen molar-refractivity contribution in [1.82, 2.24) is 31.9 Å². The van der Waals surface area contributed by atoms with Crippen LogP contribution in [0, 0.1) is 17.8 Å². The number of rotatable bonds is 20. The van der Waals surface area contributed by atoms with E-state index in [1.165, 1.54) is 13.8 Å². The van der Waals surface area contributed by atoms with Gasteiger partial charge < -0.3 is 43.4 Å². The van der Waals surface area contributed by atoms with Gasteiger partial charge in [-0.3, -0.25) is 28.8 Å². The molecule has 0 radical (unpaired) electrons. The minimum atomic E-state index is -0.882. The Bertz CT molecular complexity index is 1070. The average molecular weight is 667 g/mol. The molecule has 0 heterocycles. The highest BCUT2D eigenvalue weighted by atomic mass is 16.2. The van der Waals surface area contributed by atoms with Crippen molar-refractivity contribution in [3.8, 4) is 0 Å². The molecule has 10 N–H and O–H groups in total. The average Bonchev–Trinajstić information content (AvgIpc) is 2.95. The van der Waals surface area contributed by atoms with Gasteiger partial charge in [-0.1, -0.05) is 54.4 Å². The molecule has 1 fully saturated rings. The summed E-state index contributed by atoms with van der Waals surface area (Å²) >= 11 is 0. The lowest BCUT2D eigenvalue weighted by Crippen LogP contribution is -2.61. The predicted octanol–water partition coefficient (Wildman–Crippen LogP) is 0.322. The zero-order chi connectivity index (χ0) is 36.0. The second-order valence-electron chi connectivity index (χ2n) is 14.4. The highest BCUT2D eigenvalue weighted by molar-refractivity contribution is 5.93. The second kappa shape index (κ2) is 20.2. The summed E-state index contributed by atoms with van der Waals surface area (Å²) < 4.78 is 0. The first-order valence-corrected chi connectivity index (χ1v) is 17.1. The topological polar surface area (TPSA) is 227 Å². The van der Waals surface area contributed by atoms with E-state index in [9.17, 15) is 28.8 Å². The van der Waals surface area contributed by atoms with Crippen LogP contribution in [-0.2, 0) is 28.8 Å². The highest BCUT2D eigenvalue weighted by Crippen LogP contribution is 2.21. The summed E-state index contributed by atoms with van der Waals surface area (Å²) in [6, 6.07) is -4.94. The third-order valence-corrected chi connectivity index (χ3v) is 8.31. The van der Waals surface area contributed by atoms with Crippen molar-refractivity contribution in [2.75, 3.05) is 0 Å². The van der Waals surface area contributed by atoms with Crippen LogP contribution in [0.1, 0.15) is 107 Å². The summed E-state index contributed by atoms with van der Waals surface area (Å²) in [6.07, 6.45) is 4.76. The van der Waals surface area contributed by atoms with Crippen molar-refractivity contribution < 1.29 is 28.8 Å². The molecule has 14 heteroatoms. The van der Waals surface area contributed by atoms with Crippen LogP contribution in [-0.4, -0.2) is 83.8 Å². The fourth-order valence-corrected chi connectivity index (χ4v) is 5.69. The molecule has 0 saturated heterocycles. The molecule has 1 aliphatic carbocycles. The summed E-state index contributed by atoms with van der Waals surface area (Å²) in [5, 5.41) is 17.8. The van der Waals surface area contributed by atoms with Crippen LogP contribution < -0.4 is 43.4 Å². The molecule has 0 bridgehead atoms. The Labute approximate surface area is 280 Å². The minimum Gasteiger partial charge on any atom is -0.368 e. The molecule has 6 amide bonds. The maximum atomic E-state index is 13.8. The minimum absolute atomic E-state index is 0.0968. The molecule has 0 aromatic rings. The highest BCUT2D eigenvalue weighted by Gasteiger charge is 2.34. The van der Waals surface area contributed by atoms with E-state index in [0.717, 1.165) is 25.7 Å². The number of nitrogens with two attached hydrogens (primary N) is 2. The number of primary amides is 2. The normalized spacial score (nSPS) is 20.4. The van der Waals surface area contributed by atoms with Crippen molar-refractivity contribution in [2.24, 2.45) is 29.2 Å². The first kappa shape index (κ1) is 41.8.